The minimum atomic E-state index is -0.462. The van der Waals surface area contributed by atoms with Gasteiger partial charge in [0, 0.05) is 6.54 Å². The van der Waals surface area contributed by atoms with E-state index in [9.17, 15) is 5.11 Å². The van der Waals surface area contributed by atoms with Crippen LogP contribution in [0, 0.1) is 13.8 Å². The van der Waals surface area contributed by atoms with E-state index in [1.807, 2.05) is 30.8 Å². The highest BCUT2D eigenvalue weighted by Gasteiger charge is 2.06. The maximum atomic E-state index is 9.87. The van der Waals surface area contributed by atoms with Gasteiger partial charge in [-0.25, -0.2) is 0 Å². The molecule has 0 aliphatic carbocycles. The first-order valence-corrected chi connectivity index (χ1v) is 8.60. The number of rotatable bonds is 10. The highest BCUT2D eigenvalue weighted by Crippen LogP contribution is 2.18. The molecule has 0 aromatic heterocycles. The molecule has 3 nitrogen and oxygen atoms in total. The van der Waals surface area contributed by atoms with Crippen molar-refractivity contribution in [1.29, 1.82) is 0 Å². The number of aryl methyl sites for hydroxylation is 2. The van der Waals surface area contributed by atoms with Crippen LogP contribution in [-0.4, -0.2) is 42.9 Å². The van der Waals surface area contributed by atoms with Crippen LogP contribution in [-0.2, 0) is 0 Å². The van der Waals surface area contributed by atoms with Gasteiger partial charge in [-0.3, -0.25) is 0 Å². The first-order valence-electron chi connectivity index (χ1n) is 7.21. The van der Waals surface area contributed by atoms with E-state index in [1.165, 1.54) is 17.7 Å². The predicted octanol–water partition coefficient (Wildman–Crippen LogP) is 2.78. The second-order valence-corrected chi connectivity index (χ2v) is 6.12. The van der Waals surface area contributed by atoms with Crippen LogP contribution < -0.4 is 10.1 Å². The molecule has 1 aromatic rings. The fourth-order valence-electron chi connectivity index (χ4n) is 1.97. The van der Waals surface area contributed by atoms with E-state index in [-0.39, 0.29) is 0 Å². The number of hydrogen-bond donors (Lipinski definition) is 2. The van der Waals surface area contributed by atoms with Crippen LogP contribution in [0.2, 0.25) is 0 Å². The van der Waals surface area contributed by atoms with Gasteiger partial charge in [-0.1, -0.05) is 17.7 Å². The SMILES string of the molecule is CSCCCCNCC(O)COc1ccc(C)cc1C. The Morgan fingerprint density at radius 3 is 2.80 bits per heavy atom. The minimum absolute atomic E-state index is 0.335. The molecule has 0 saturated heterocycles. The van der Waals surface area contributed by atoms with E-state index in [4.69, 9.17) is 4.74 Å². The van der Waals surface area contributed by atoms with Crippen LogP contribution in [0.15, 0.2) is 18.2 Å². The summed E-state index contributed by atoms with van der Waals surface area (Å²) < 4.78 is 5.66. The highest BCUT2D eigenvalue weighted by molar-refractivity contribution is 7.98. The van der Waals surface area contributed by atoms with Crippen molar-refractivity contribution in [3.63, 3.8) is 0 Å². The van der Waals surface area contributed by atoms with Crippen LogP contribution in [0.1, 0.15) is 24.0 Å². The third-order valence-corrected chi connectivity index (χ3v) is 3.79. The van der Waals surface area contributed by atoms with Crippen molar-refractivity contribution in [2.75, 3.05) is 31.7 Å². The second-order valence-electron chi connectivity index (χ2n) is 5.14. The number of aliphatic hydroxyl groups excluding tert-OH is 1. The van der Waals surface area contributed by atoms with Gasteiger partial charge >= 0.3 is 0 Å². The van der Waals surface area contributed by atoms with Crippen molar-refractivity contribution in [3.8, 4) is 5.75 Å². The summed E-state index contributed by atoms with van der Waals surface area (Å²) in [5.74, 6) is 2.06. The van der Waals surface area contributed by atoms with Crippen molar-refractivity contribution in [2.24, 2.45) is 0 Å². The van der Waals surface area contributed by atoms with Crippen LogP contribution >= 0.6 is 11.8 Å². The van der Waals surface area contributed by atoms with Gasteiger partial charge in [0.1, 0.15) is 18.5 Å². The molecule has 114 valence electrons. The fraction of sp³-hybridized carbons (Fsp3) is 0.625. The smallest absolute Gasteiger partial charge is 0.122 e. The molecule has 0 spiro atoms. The lowest BCUT2D eigenvalue weighted by Crippen LogP contribution is -2.32. The first-order chi connectivity index (χ1) is 9.63. The zero-order valence-corrected chi connectivity index (χ0v) is 13.6. The summed E-state index contributed by atoms with van der Waals surface area (Å²) in [7, 11) is 0. The largest absolute Gasteiger partial charge is 0.491 e. The Morgan fingerprint density at radius 2 is 2.10 bits per heavy atom. The van der Waals surface area contributed by atoms with Gasteiger partial charge in [-0.2, -0.15) is 11.8 Å². The number of aliphatic hydroxyl groups is 1. The zero-order chi connectivity index (χ0) is 14.8. The molecule has 1 rings (SSSR count). The lowest BCUT2D eigenvalue weighted by molar-refractivity contribution is 0.106. The van der Waals surface area contributed by atoms with Crippen molar-refractivity contribution < 1.29 is 9.84 Å². The van der Waals surface area contributed by atoms with Gasteiger partial charge in [0.05, 0.1) is 0 Å². The molecule has 0 radical (unpaired) electrons. The molecule has 0 amide bonds. The Morgan fingerprint density at radius 1 is 1.30 bits per heavy atom. The first kappa shape index (κ1) is 17.3. The number of unbranched alkanes of at least 4 members (excludes halogenated alkanes) is 1. The molecule has 0 fully saturated rings. The molecule has 1 atom stereocenters. The number of ether oxygens (including phenoxy) is 1. The lowest BCUT2D eigenvalue weighted by atomic mass is 10.1. The van der Waals surface area contributed by atoms with Crippen LogP contribution in [0.5, 0.6) is 5.75 Å². The van der Waals surface area contributed by atoms with E-state index >= 15 is 0 Å². The third-order valence-electron chi connectivity index (χ3n) is 3.09. The van der Waals surface area contributed by atoms with Crippen molar-refractivity contribution in [3.05, 3.63) is 29.3 Å². The molecule has 1 aromatic carbocycles. The Kier molecular flexibility index (Phi) is 8.74. The number of thioether (sulfide) groups is 1. The van der Waals surface area contributed by atoms with E-state index in [1.54, 1.807) is 0 Å². The molecule has 0 saturated carbocycles. The zero-order valence-electron chi connectivity index (χ0n) is 12.8. The molecule has 1 unspecified atom stereocenters. The maximum Gasteiger partial charge on any atom is 0.122 e. The highest BCUT2D eigenvalue weighted by atomic mass is 32.2. The summed E-state index contributed by atoms with van der Waals surface area (Å²) in [5, 5.41) is 13.1. The number of benzene rings is 1. The van der Waals surface area contributed by atoms with Crippen molar-refractivity contribution in [1.82, 2.24) is 5.32 Å². The van der Waals surface area contributed by atoms with E-state index in [0.717, 1.165) is 24.3 Å². The Hall–Kier alpha value is -0.710. The van der Waals surface area contributed by atoms with Gasteiger partial charge in [0.15, 0.2) is 0 Å². The molecule has 0 aliphatic heterocycles. The summed E-state index contributed by atoms with van der Waals surface area (Å²) in [6.45, 7) is 5.97. The second kappa shape index (κ2) is 10.1. The quantitative estimate of drug-likeness (QED) is 0.652. The molecule has 0 bridgehead atoms. The molecule has 20 heavy (non-hydrogen) atoms. The van der Waals surface area contributed by atoms with Gasteiger partial charge < -0.3 is 15.2 Å². The third kappa shape index (κ3) is 7.17. The molecular formula is C16H27NO2S. The van der Waals surface area contributed by atoms with Crippen molar-refractivity contribution >= 4 is 11.8 Å². The summed E-state index contributed by atoms with van der Waals surface area (Å²) in [6.07, 6.45) is 4.05. The normalized spacial score (nSPS) is 12.4. The molecule has 2 N–H and O–H groups in total. The van der Waals surface area contributed by atoms with Crippen LogP contribution in [0.3, 0.4) is 0 Å². The van der Waals surface area contributed by atoms with Gasteiger partial charge in [0.25, 0.3) is 0 Å². The predicted molar refractivity (Wildman–Crippen MR) is 87.9 cm³/mol. The summed E-state index contributed by atoms with van der Waals surface area (Å²) in [5.41, 5.74) is 2.34. The average Bonchev–Trinajstić information content (AvgIpc) is 2.41. The summed E-state index contributed by atoms with van der Waals surface area (Å²) >= 11 is 1.88. The standard InChI is InChI=1S/C16H27NO2S/c1-13-6-7-16(14(2)10-13)19-12-15(18)11-17-8-4-5-9-20-3/h6-7,10,15,17-18H,4-5,8-9,11-12H2,1-3H3. The average molecular weight is 297 g/mol. The minimum Gasteiger partial charge on any atom is -0.491 e. The maximum absolute atomic E-state index is 9.87. The summed E-state index contributed by atoms with van der Waals surface area (Å²) in [4.78, 5) is 0. The summed E-state index contributed by atoms with van der Waals surface area (Å²) in [6, 6.07) is 6.08. The van der Waals surface area contributed by atoms with Gasteiger partial charge in [-0.15, -0.1) is 0 Å². The topological polar surface area (TPSA) is 41.5 Å². The number of nitrogens with one attached hydrogen (secondary N) is 1. The van der Waals surface area contributed by atoms with Gasteiger partial charge in [-0.05, 0) is 56.9 Å². The Balaban J connectivity index is 2.14. The monoisotopic (exact) mass is 297 g/mol. The van der Waals surface area contributed by atoms with Gasteiger partial charge in [0.2, 0.25) is 0 Å². The number of hydrogen-bond acceptors (Lipinski definition) is 4. The van der Waals surface area contributed by atoms with Crippen LogP contribution in [0.4, 0.5) is 0 Å². The molecule has 0 aliphatic rings. The molecule has 0 heterocycles. The Labute approximate surface area is 127 Å². The van der Waals surface area contributed by atoms with Crippen LogP contribution in [0.25, 0.3) is 0 Å². The lowest BCUT2D eigenvalue weighted by Gasteiger charge is -2.14. The van der Waals surface area contributed by atoms with Crippen molar-refractivity contribution in [2.45, 2.75) is 32.8 Å². The molecule has 4 heteroatoms. The van der Waals surface area contributed by atoms with E-state index in [2.05, 4.69) is 24.6 Å². The fourth-order valence-corrected chi connectivity index (χ4v) is 2.46. The molecular weight excluding hydrogens is 270 g/mol. The van der Waals surface area contributed by atoms with E-state index in [0.29, 0.717) is 13.2 Å². The van der Waals surface area contributed by atoms with E-state index < -0.39 is 6.10 Å². The Bertz CT molecular complexity index is 385.